The fraction of sp³-hybridized carbons (Fsp3) is 0.250. The van der Waals surface area contributed by atoms with Gasteiger partial charge in [-0.1, -0.05) is 48.0 Å². The molecule has 1 fully saturated rings. The van der Waals surface area contributed by atoms with Gasteiger partial charge in [0.1, 0.15) is 0 Å². The summed E-state index contributed by atoms with van der Waals surface area (Å²) >= 11 is 7.47. The Kier molecular flexibility index (Phi) is 8.08. The molecule has 1 saturated heterocycles. The molecular formula is C28H27ClN4O4S2. The van der Waals surface area contributed by atoms with E-state index in [0.717, 1.165) is 36.6 Å². The van der Waals surface area contributed by atoms with Crippen LogP contribution in [0.3, 0.4) is 0 Å². The Morgan fingerprint density at radius 1 is 1.00 bits per heavy atom. The van der Waals surface area contributed by atoms with Gasteiger partial charge in [-0.05, 0) is 73.9 Å². The van der Waals surface area contributed by atoms with Crippen molar-refractivity contribution < 1.29 is 13.2 Å². The fourth-order valence-electron chi connectivity index (χ4n) is 4.55. The van der Waals surface area contributed by atoms with Crippen LogP contribution in [-0.2, 0) is 14.8 Å². The van der Waals surface area contributed by atoms with Crippen LogP contribution >= 0.6 is 23.4 Å². The number of benzene rings is 3. The summed E-state index contributed by atoms with van der Waals surface area (Å²) in [6.45, 7) is 2.89. The first-order valence-corrected chi connectivity index (χ1v) is 15.4. The third-order valence-corrected chi connectivity index (χ3v) is 9.91. The number of hydrogen-bond donors (Lipinski definition) is 1. The van der Waals surface area contributed by atoms with Gasteiger partial charge in [-0.25, -0.2) is 13.4 Å². The van der Waals surface area contributed by atoms with E-state index in [0.29, 0.717) is 45.5 Å². The second-order valence-electron chi connectivity index (χ2n) is 9.26. The Balaban J connectivity index is 1.35. The summed E-state index contributed by atoms with van der Waals surface area (Å²) in [7, 11) is -3.55. The van der Waals surface area contributed by atoms with Gasteiger partial charge in [0.2, 0.25) is 15.9 Å². The van der Waals surface area contributed by atoms with E-state index < -0.39 is 10.0 Å². The lowest BCUT2D eigenvalue weighted by molar-refractivity contribution is -0.113. The Hall–Kier alpha value is -3.18. The van der Waals surface area contributed by atoms with Crippen LogP contribution in [0.4, 0.5) is 5.69 Å². The Morgan fingerprint density at radius 3 is 2.46 bits per heavy atom. The van der Waals surface area contributed by atoms with E-state index in [4.69, 9.17) is 11.6 Å². The minimum absolute atomic E-state index is 0.0157. The van der Waals surface area contributed by atoms with Crippen molar-refractivity contribution >= 4 is 55.9 Å². The molecule has 0 saturated carbocycles. The number of nitrogens with one attached hydrogen (secondary N) is 1. The lowest BCUT2D eigenvalue weighted by atomic mass is 10.2. The van der Waals surface area contributed by atoms with Gasteiger partial charge in [0.25, 0.3) is 5.56 Å². The van der Waals surface area contributed by atoms with Crippen molar-refractivity contribution in [2.75, 3.05) is 24.2 Å². The molecule has 3 aromatic carbocycles. The van der Waals surface area contributed by atoms with E-state index in [1.165, 1.54) is 21.0 Å². The van der Waals surface area contributed by atoms with Crippen molar-refractivity contribution in [3.05, 3.63) is 87.7 Å². The van der Waals surface area contributed by atoms with Crippen molar-refractivity contribution in [2.45, 2.75) is 36.2 Å². The Bertz CT molecular complexity index is 1700. The van der Waals surface area contributed by atoms with Crippen molar-refractivity contribution in [2.24, 2.45) is 0 Å². The second-order valence-corrected chi connectivity index (χ2v) is 12.5. The molecule has 8 nitrogen and oxygen atoms in total. The maximum atomic E-state index is 13.5. The molecule has 0 radical (unpaired) electrons. The van der Waals surface area contributed by atoms with E-state index in [-0.39, 0.29) is 22.1 Å². The molecule has 5 rings (SSSR count). The van der Waals surface area contributed by atoms with Gasteiger partial charge in [-0.2, -0.15) is 4.31 Å². The van der Waals surface area contributed by atoms with Gasteiger partial charge in [-0.15, -0.1) is 0 Å². The highest BCUT2D eigenvalue weighted by atomic mass is 35.5. The van der Waals surface area contributed by atoms with Crippen LogP contribution in [0.15, 0.2) is 81.6 Å². The number of hydrogen-bond acceptors (Lipinski definition) is 6. The van der Waals surface area contributed by atoms with Crippen LogP contribution in [0.1, 0.15) is 24.8 Å². The number of anilines is 1. The molecule has 0 atom stereocenters. The van der Waals surface area contributed by atoms with Gasteiger partial charge >= 0.3 is 0 Å². The molecule has 4 aromatic rings. The molecule has 1 N–H and O–H groups in total. The predicted octanol–water partition coefficient (Wildman–Crippen LogP) is 5.25. The molecule has 11 heteroatoms. The van der Waals surface area contributed by atoms with E-state index in [2.05, 4.69) is 10.3 Å². The summed E-state index contributed by atoms with van der Waals surface area (Å²) in [5.41, 5.74) is 2.09. The number of nitrogens with zero attached hydrogens (tertiary/aromatic N) is 3. The summed E-state index contributed by atoms with van der Waals surface area (Å²) in [6, 6.07) is 18.6. The lowest BCUT2D eigenvalue weighted by Gasteiger charge is -2.25. The minimum atomic E-state index is -3.55. The van der Waals surface area contributed by atoms with Crippen LogP contribution in [0.25, 0.3) is 16.6 Å². The Labute approximate surface area is 236 Å². The molecule has 0 aliphatic carbocycles. The van der Waals surface area contributed by atoms with Crippen molar-refractivity contribution in [1.29, 1.82) is 0 Å². The SMILES string of the molecule is Cc1c(Cl)cccc1-n1c(SCC(=O)Nc2ccc(S(=O)(=O)N3CCCCC3)cc2)nc2ccccc2c1=O. The van der Waals surface area contributed by atoms with Crippen LogP contribution in [0.5, 0.6) is 0 Å². The van der Waals surface area contributed by atoms with Gasteiger partial charge in [0.05, 0.1) is 27.2 Å². The van der Waals surface area contributed by atoms with Crippen LogP contribution in [0, 0.1) is 6.92 Å². The van der Waals surface area contributed by atoms with Crippen LogP contribution < -0.4 is 10.9 Å². The zero-order valence-electron chi connectivity index (χ0n) is 21.3. The standard InChI is InChI=1S/C28H27ClN4O4S2/c1-19-23(29)9-7-11-25(19)33-27(35)22-8-3-4-10-24(22)31-28(33)38-18-26(34)30-20-12-14-21(15-13-20)39(36,37)32-16-5-2-6-17-32/h3-4,7-15H,2,5-6,16-18H2,1H3,(H,30,34). The zero-order valence-corrected chi connectivity index (χ0v) is 23.7. The first-order chi connectivity index (χ1) is 18.8. The molecule has 2 heterocycles. The minimum Gasteiger partial charge on any atom is -0.325 e. The number of rotatable bonds is 7. The van der Waals surface area contributed by atoms with Crippen molar-refractivity contribution in [3.63, 3.8) is 0 Å². The zero-order chi connectivity index (χ0) is 27.6. The van der Waals surface area contributed by atoms with Crippen molar-refractivity contribution in [3.8, 4) is 5.69 Å². The summed E-state index contributed by atoms with van der Waals surface area (Å²) in [6.07, 6.45) is 2.77. The summed E-state index contributed by atoms with van der Waals surface area (Å²) < 4.78 is 28.8. The Morgan fingerprint density at radius 2 is 1.72 bits per heavy atom. The maximum absolute atomic E-state index is 13.5. The molecular weight excluding hydrogens is 556 g/mol. The number of amides is 1. The number of sulfonamides is 1. The van der Waals surface area contributed by atoms with E-state index in [1.807, 2.05) is 6.92 Å². The summed E-state index contributed by atoms with van der Waals surface area (Å²) in [4.78, 5) is 31.2. The summed E-state index contributed by atoms with van der Waals surface area (Å²) in [5, 5.41) is 4.14. The van der Waals surface area contributed by atoms with Crippen LogP contribution in [0.2, 0.25) is 5.02 Å². The molecule has 0 spiro atoms. The highest BCUT2D eigenvalue weighted by molar-refractivity contribution is 7.99. The lowest BCUT2D eigenvalue weighted by Crippen LogP contribution is -2.35. The normalized spacial score (nSPS) is 14.4. The monoisotopic (exact) mass is 582 g/mol. The highest BCUT2D eigenvalue weighted by Gasteiger charge is 2.25. The highest BCUT2D eigenvalue weighted by Crippen LogP contribution is 2.27. The first kappa shape index (κ1) is 27.4. The number of piperidine rings is 1. The third kappa shape index (κ3) is 5.74. The molecule has 0 unspecified atom stereocenters. The molecule has 1 aromatic heterocycles. The van der Waals surface area contributed by atoms with Crippen LogP contribution in [-0.4, -0.2) is 47.0 Å². The number of carbonyl (C=O) groups excluding carboxylic acids is 1. The molecule has 39 heavy (non-hydrogen) atoms. The molecule has 202 valence electrons. The third-order valence-electron chi connectivity index (χ3n) is 6.65. The van der Waals surface area contributed by atoms with Gasteiger partial charge in [0.15, 0.2) is 5.16 Å². The van der Waals surface area contributed by atoms with Gasteiger partial charge in [0, 0.05) is 23.8 Å². The number of para-hydroxylation sites is 1. The number of aromatic nitrogens is 2. The van der Waals surface area contributed by atoms with Crippen molar-refractivity contribution in [1.82, 2.24) is 13.9 Å². The second kappa shape index (κ2) is 11.5. The number of fused-ring (bicyclic) bond motifs is 1. The molecule has 1 amide bonds. The topological polar surface area (TPSA) is 101 Å². The number of halogens is 1. The van der Waals surface area contributed by atoms with E-state index in [9.17, 15) is 18.0 Å². The molecule has 0 bridgehead atoms. The summed E-state index contributed by atoms with van der Waals surface area (Å²) in [5.74, 6) is -0.332. The predicted molar refractivity (Wildman–Crippen MR) is 155 cm³/mol. The fourth-order valence-corrected chi connectivity index (χ4v) is 7.04. The molecule has 1 aliphatic heterocycles. The first-order valence-electron chi connectivity index (χ1n) is 12.6. The average molecular weight is 583 g/mol. The van der Waals surface area contributed by atoms with Gasteiger partial charge < -0.3 is 5.32 Å². The number of carbonyl (C=O) groups is 1. The average Bonchev–Trinajstić information content (AvgIpc) is 2.95. The van der Waals surface area contributed by atoms with Gasteiger partial charge in [-0.3, -0.25) is 14.2 Å². The van der Waals surface area contributed by atoms with E-state index >= 15 is 0 Å². The molecule has 1 aliphatic rings. The maximum Gasteiger partial charge on any atom is 0.266 e. The largest absolute Gasteiger partial charge is 0.325 e. The number of thioether (sulfide) groups is 1. The van der Waals surface area contributed by atoms with E-state index in [1.54, 1.807) is 54.6 Å². The quantitative estimate of drug-likeness (QED) is 0.236. The smallest absolute Gasteiger partial charge is 0.266 e.